The highest BCUT2D eigenvalue weighted by Gasteiger charge is 2.61. The maximum absolute atomic E-state index is 11.8. The van der Waals surface area contributed by atoms with E-state index in [9.17, 15) is 9.59 Å². The van der Waals surface area contributed by atoms with Crippen molar-refractivity contribution in [3.05, 3.63) is 0 Å². The van der Waals surface area contributed by atoms with Gasteiger partial charge in [-0.25, -0.2) is 0 Å². The van der Waals surface area contributed by atoms with Gasteiger partial charge < -0.3 is 10.4 Å². The van der Waals surface area contributed by atoms with Gasteiger partial charge in [0, 0.05) is 12.5 Å². The van der Waals surface area contributed by atoms with Crippen LogP contribution in [0.1, 0.15) is 52.9 Å². The van der Waals surface area contributed by atoms with Crippen LogP contribution in [0.25, 0.3) is 0 Å². The lowest BCUT2D eigenvalue weighted by Gasteiger charge is -2.39. The summed E-state index contributed by atoms with van der Waals surface area (Å²) in [6, 6.07) is 0.215. The van der Waals surface area contributed by atoms with Crippen molar-refractivity contribution < 1.29 is 14.7 Å². The molecule has 2 aliphatic rings. The van der Waals surface area contributed by atoms with Gasteiger partial charge in [0.15, 0.2) is 0 Å². The summed E-state index contributed by atoms with van der Waals surface area (Å²) in [4.78, 5) is 22.2. The monoisotopic (exact) mass is 253 g/mol. The lowest BCUT2D eigenvalue weighted by molar-refractivity contribution is -0.139. The normalized spacial score (nSPS) is 36.6. The highest BCUT2D eigenvalue weighted by molar-refractivity contribution is 5.80. The van der Waals surface area contributed by atoms with Crippen LogP contribution in [-0.2, 0) is 9.59 Å². The molecule has 0 aromatic carbocycles. The Hall–Kier alpha value is -1.06. The van der Waals surface area contributed by atoms with E-state index in [0.29, 0.717) is 5.92 Å². The zero-order chi connectivity index (χ0) is 13.6. The molecule has 4 nitrogen and oxygen atoms in total. The maximum atomic E-state index is 11.8. The Balaban J connectivity index is 1.96. The molecule has 0 spiro atoms. The number of aliphatic carboxylic acids is 1. The highest BCUT2D eigenvalue weighted by Crippen LogP contribution is 2.65. The molecule has 2 aliphatic carbocycles. The number of carboxylic acid groups (broad SMARTS) is 1. The van der Waals surface area contributed by atoms with Crippen molar-refractivity contribution >= 4 is 11.9 Å². The first kappa shape index (κ1) is 13.4. The van der Waals surface area contributed by atoms with Crippen LogP contribution in [0.2, 0.25) is 0 Å². The van der Waals surface area contributed by atoms with Crippen LogP contribution in [0.15, 0.2) is 0 Å². The molecule has 4 heteroatoms. The molecule has 2 saturated carbocycles. The smallest absolute Gasteiger partial charge is 0.303 e. The summed E-state index contributed by atoms with van der Waals surface area (Å²) < 4.78 is 0. The number of nitrogens with one attached hydrogen (secondary N) is 1. The Labute approximate surface area is 108 Å². The minimum atomic E-state index is -0.912. The van der Waals surface area contributed by atoms with Gasteiger partial charge in [0.05, 0.1) is 6.42 Å². The zero-order valence-corrected chi connectivity index (χ0v) is 11.5. The first-order valence-electron chi connectivity index (χ1n) is 6.78. The van der Waals surface area contributed by atoms with E-state index in [0.717, 1.165) is 12.8 Å². The largest absolute Gasteiger partial charge is 0.481 e. The molecule has 2 N–H and O–H groups in total. The molecule has 2 fully saturated rings. The van der Waals surface area contributed by atoms with E-state index in [1.165, 1.54) is 6.42 Å². The van der Waals surface area contributed by atoms with Gasteiger partial charge in [0.1, 0.15) is 0 Å². The van der Waals surface area contributed by atoms with E-state index in [1.54, 1.807) is 0 Å². The van der Waals surface area contributed by atoms with E-state index in [2.05, 4.69) is 26.1 Å². The lowest BCUT2D eigenvalue weighted by Crippen LogP contribution is -2.46. The topological polar surface area (TPSA) is 66.4 Å². The summed E-state index contributed by atoms with van der Waals surface area (Å²) in [6.45, 7) is 6.87. The first-order chi connectivity index (χ1) is 8.27. The SMILES string of the molecule is CC1(C)[C@H]2CC[C@@]1(C)[C@H](NC(=O)CCC(=O)O)C2. The second-order valence-electron chi connectivity index (χ2n) is 6.62. The summed E-state index contributed by atoms with van der Waals surface area (Å²) >= 11 is 0. The number of carbonyl (C=O) groups is 2. The highest BCUT2D eigenvalue weighted by atomic mass is 16.4. The molecule has 3 atom stereocenters. The van der Waals surface area contributed by atoms with Crippen LogP contribution < -0.4 is 5.32 Å². The van der Waals surface area contributed by atoms with Crippen molar-refractivity contribution in [3.63, 3.8) is 0 Å². The fourth-order valence-electron chi connectivity index (χ4n) is 3.91. The van der Waals surface area contributed by atoms with Gasteiger partial charge >= 0.3 is 5.97 Å². The minimum Gasteiger partial charge on any atom is -0.481 e. The quantitative estimate of drug-likeness (QED) is 0.807. The second kappa shape index (κ2) is 4.25. The third-order valence-electron chi connectivity index (χ3n) is 5.70. The van der Waals surface area contributed by atoms with E-state index in [4.69, 9.17) is 5.11 Å². The van der Waals surface area contributed by atoms with Gasteiger partial charge in [-0.2, -0.15) is 0 Å². The third kappa shape index (κ3) is 1.91. The van der Waals surface area contributed by atoms with E-state index in [1.807, 2.05) is 0 Å². The van der Waals surface area contributed by atoms with Gasteiger partial charge in [0.2, 0.25) is 5.91 Å². The van der Waals surface area contributed by atoms with Crippen molar-refractivity contribution in [2.45, 2.75) is 58.9 Å². The Morgan fingerprint density at radius 2 is 1.94 bits per heavy atom. The number of hydrogen-bond acceptors (Lipinski definition) is 2. The third-order valence-corrected chi connectivity index (χ3v) is 5.70. The molecule has 2 rings (SSSR count). The van der Waals surface area contributed by atoms with Crippen molar-refractivity contribution in [2.75, 3.05) is 0 Å². The molecule has 102 valence electrons. The van der Waals surface area contributed by atoms with Gasteiger partial charge in [-0.15, -0.1) is 0 Å². The van der Waals surface area contributed by atoms with Crippen LogP contribution >= 0.6 is 0 Å². The molecule has 0 aromatic rings. The molecule has 1 amide bonds. The molecular formula is C14H23NO3. The van der Waals surface area contributed by atoms with Crippen molar-refractivity contribution in [1.29, 1.82) is 0 Å². The number of rotatable bonds is 4. The van der Waals surface area contributed by atoms with Crippen LogP contribution in [-0.4, -0.2) is 23.0 Å². The molecule has 2 bridgehead atoms. The van der Waals surface area contributed by atoms with Gasteiger partial charge in [0.25, 0.3) is 0 Å². The standard InChI is InChI=1S/C14H23NO3/c1-13(2)9-6-7-14(13,3)10(8-9)15-11(16)4-5-12(17)18/h9-10H,4-8H2,1-3H3,(H,15,16)(H,17,18)/t9-,10+,14-/m0/s1. The number of carbonyl (C=O) groups excluding carboxylic acids is 1. The van der Waals surface area contributed by atoms with Crippen molar-refractivity contribution in [3.8, 4) is 0 Å². The minimum absolute atomic E-state index is 0.0813. The Bertz CT molecular complexity index is 377. The molecule has 0 saturated heterocycles. The number of fused-ring (bicyclic) bond motifs is 2. The predicted molar refractivity (Wildman–Crippen MR) is 68.0 cm³/mol. The summed E-state index contributed by atoms with van der Waals surface area (Å²) in [5.41, 5.74) is 0.439. The number of amides is 1. The van der Waals surface area contributed by atoms with E-state index >= 15 is 0 Å². The maximum Gasteiger partial charge on any atom is 0.303 e. The fourth-order valence-corrected chi connectivity index (χ4v) is 3.91. The average molecular weight is 253 g/mol. The van der Waals surface area contributed by atoms with Gasteiger partial charge in [-0.1, -0.05) is 20.8 Å². The Kier molecular flexibility index (Phi) is 3.16. The summed E-state index contributed by atoms with van der Waals surface area (Å²) in [5, 5.41) is 11.6. The van der Waals surface area contributed by atoms with Crippen molar-refractivity contribution in [2.24, 2.45) is 16.7 Å². The Morgan fingerprint density at radius 3 is 2.39 bits per heavy atom. The van der Waals surface area contributed by atoms with Crippen LogP contribution in [0.3, 0.4) is 0 Å². The number of hydrogen-bond donors (Lipinski definition) is 2. The van der Waals surface area contributed by atoms with Crippen LogP contribution in [0, 0.1) is 16.7 Å². The lowest BCUT2D eigenvalue weighted by atomic mass is 9.69. The summed E-state index contributed by atoms with van der Waals surface area (Å²) in [5.74, 6) is -0.344. The predicted octanol–water partition coefficient (Wildman–Crippen LogP) is 2.18. The fraction of sp³-hybridized carbons (Fsp3) is 0.857. The van der Waals surface area contributed by atoms with E-state index < -0.39 is 5.97 Å². The van der Waals surface area contributed by atoms with Crippen LogP contribution in [0.4, 0.5) is 0 Å². The molecule has 0 aliphatic heterocycles. The molecule has 0 radical (unpaired) electrons. The summed E-state index contributed by atoms with van der Waals surface area (Å²) in [7, 11) is 0. The molecule has 18 heavy (non-hydrogen) atoms. The van der Waals surface area contributed by atoms with Crippen molar-refractivity contribution in [1.82, 2.24) is 5.32 Å². The number of carboxylic acids is 1. The molecule has 0 aromatic heterocycles. The zero-order valence-electron chi connectivity index (χ0n) is 11.5. The molecule has 0 unspecified atom stereocenters. The molecular weight excluding hydrogens is 230 g/mol. The summed E-state index contributed by atoms with van der Waals surface area (Å²) in [6.07, 6.45) is 3.47. The van der Waals surface area contributed by atoms with Gasteiger partial charge in [-0.05, 0) is 36.0 Å². The Morgan fingerprint density at radius 1 is 1.28 bits per heavy atom. The molecule has 0 heterocycles. The van der Waals surface area contributed by atoms with E-state index in [-0.39, 0.29) is 35.6 Å². The van der Waals surface area contributed by atoms with Crippen LogP contribution in [0.5, 0.6) is 0 Å². The second-order valence-corrected chi connectivity index (χ2v) is 6.62. The first-order valence-corrected chi connectivity index (χ1v) is 6.78. The van der Waals surface area contributed by atoms with Gasteiger partial charge in [-0.3, -0.25) is 9.59 Å². The average Bonchev–Trinajstić information content (AvgIpc) is 2.59.